The molecule has 1 aromatic rings. The van der Waals surface area contributed by atoms with Gasteiger partial charge in [-0.15, -0.1) is 0 Å². The standard InChI is InChI=1S/C77H108N8O33/c1-40(2)33-54(42(4)87)83-77(117)56-7-5-31-85(56)62(93)39-118-32-6-8-57(88)55(34-43-9-11-44(12-10-43)41(3)86)84-75(115)48(16-25-66(100)101)38-60(91)52(20-29-70(108)109)81-73(113)46(14-23-64(96)97)36-58(89)50(18-27-68(104)105)79-72(112)45(13-22-63(94)95)35-59(90)51(19-28-69(106)107)80-74(114)47(15-24-65(98)99)37-61(92)53(21-30-71(110)111)82-76(116)49(78)17-26-67(102)103/h9-12,40,45-56H,5-8,13-39,78H2,1-4H3,(H,79,112)(H,80,114)(H,81,113)(H,82,116)(H,83,117)(H,84,115)(H,94,95)(H,96,97)(H,98,99)(H,100,101)(H,102,103)(H,104,105)(H,106,107)(H,108,109)(H,110,111)/t45-,46-,47-,48-,49+,50+,51+,52+,53+,54-,55-,56?/m0/s1. The summed E-state index contributed by atoms with van der Waals surface area (Å²) in [5.41, 5.74) is 6.44. The van der Waals surface area contributed by atoms with Crippen molar-refractivity contribution in [2.75, 3.05) is 19.8 Å². The van der Waals surface area contributed by atoms with Crippen LogP contribution in [-0.2, 0) is 117 Å². The maximum atomic E-state index is 14.5. The Labute approximate surface area is 677 Å². The smallest absolute Gasteiger partial charge is 0.303 e. The highest BCUT2D eigenvalue weighted by atomic mass is 16.5. The highest BCUT2D eigenvalue weighted by Gasteiger charge is 2.40. The van der Waals surface area contributed by atoms with Crippen molar-refractivity contribution in [3.63, 3.8) is 0 Å². The maximum Gasteiger partial charge on any atom is 0.303 e. The van der Waals surface area contributed by atoms with E-state index in [1.165, 1.54) is 43.0 Å². The molecule has 12 atom stereocenters. The monoisotopic (exact) mass is 1670 g/mol. The molecule has 0 aromatic heterocycles. The van der Waals surface area contributed by atoms with Crippen molar-refractivity contribution >= 4 is 136 Å². The summed E-state index contributed by atoms with van der Waals surface area (Å²) in [5, 5.41) is 101. The fourth-order valence-corrected chi connectivity index (χ4v) is 12.7. The number of amides is 7. The van der Waals surface area contributed by atoms with E-state index in [9.17, 15) is 151 Å². The predicted octanol–water partition coefficient (Wildman–Crippen LogP) is 0.745. The van der Waals surface area contributed by atoms with Gasteiger partial charge in [-0.25, -0.2) is 0 Å². The number of carboxylic acids is 9. The second kappa shape index (κ2) is 52.8. The number of carboxylic acid groups (broad SMARTS) is 9. The Bertz CT molecular complexity index is 3800. The topological polar surface area (TPSA) is 685 Å². The molecule has 1 aromatic carbocycles. The zero-order chi connectivity index (χ0) is 89.2. The summed E-state index contributed by atoms with van der Waals surface area (Å²) in [7, 11) is 0. The first-order chi connectivity index (χ1) is 55.3. The summed E-state index contributed by atoms with van der Waals surface area (Å²) in [6.07, 6.45) is -17.8. The normalized spacial score (nSPS) is 15.2. The number of rotatable bonds is 64. The van der Waals surface area contributed by atoms with E-state index in [0.717, 1.165) is 0 Å². The van der Waals surface area contributed by atoms with Crippen LogP contribution in [0, 0.1) is 29.6 Å². The average molecular weight is 1670 g/mol. The number of nitrogens with two attached hydrogens (primary N) is 1. The van der Waals surface area contributed by atoms with Gasteiger partial charge in [0.15, 0.2) is 40.5 Å². The number of hydrogen-bond acceptors (Lipinski definition) is 25. The summed E-state index contributed by atoms with van der Waals surface area (Å²) in [6, 6.07) is -6.46. The molecule has 41 heteroatoms. The summed E-state index contributed by atoms with van der Waals surface area (Å²) >= 11 is 0. The molecule has 7 amide bonds. The van der Waals surface area contributed by atoms with Crippen LogP contribution in [0.1, 0.15) is 217 Å². The van der Waals surface area contributed by atoms with Crippen molar-refractivity contribution in [3.8, 4) is 0 Å². The third-order valence-electron chi connectivity index (χ3n) is 19.3. The quantitative estimate of drug-likeness (QED) is 0.0316. The van der Waals surface area contributed by atoms with Gasteiger partial charge in [-0.1, -0.05) is 38.1 Å². The molecule has 1 unspecified atom stereocenters. The van der Waals surface area contributed by atoms with E-state index in [0.29, 0.717) is 24.8 Å². The van der Waals surface area contributed by atoms with Crippen LogP contribution in [0.5, 0.6) is 0 Å². The molecule has 1 aliphatic heterocycles. The average Bonchev–Trinajstić information content (AvgIpc) is 1.56. The van der Waals surface area contributed by atoms with Gasteiger partial charge in [0, 0.05) is 132 Å². The number of carbonyl (C=O) groups is 23. The molecule has 0 radical (unpaired) electrons. The van der Waals surface area contributed by atoms with Crippen LogP contribution in [0.25, 0.3) is 0 Å². The number of ether oxygens (including phenoxy) is 1. The lowest BCUT2D eigenvalue weighted by molar-refractivity contribution is -0.142. The summed E-state index contributed by atoms with van der Waals surface area (Å²) in [4.78, 5) is 301. The summed E-state index contributed by atoms with van der Waals surface area (Å²) in [5.74, 6) is -34.1. The highest BCUT2D eigenvalue weighted by Crippen LogP contribution is 2.25. The molecule has 17 N–H and O–H groups in total. The lowest BCUT2D eigenvalue weighted by atomic mass is 9.88. The fraction of sp³-hybridized carbons (Fsp3) is 0.623. The van der Waals surface area contributed by atoms with Crippen molar-refractivity contribution in [2.45, 2.75) is 256 Å². The third kappa shape index (κ3) is 40.8. The lowest BCUT2D eigenvalue weighted by Crippen LogP contribution is -2.51. The molecule has 0 bridgehead atoms. The molecule has 118 heavy (non-hydrogen) atoms. The lowest BCUT2D eigenvalue weighted by Gasteiger charge is -2.26. The van der Waals surface area contributed by atoms with Gasteiger partial charge < -0.3 is 93.2 Å². The minimum atomic E-state index is -2.03. The van der Waals surface area contributed by atoms with E-state index in [1.54, 1.807) is 0 Å². The van der Waals surface area contributed by atoms with Crippen LogP contribution in [-0.4, -0.2) is 255 Å². The number of nitrogens with zero attached hydrogens (tertiary/aromatic N) is 1. The van der Waals surface area contributed by atoms with Gasteiger partial charge in [-0.05, 0) is 115 Å². The molecule has 0 saturated carbocycles. The fourth-order valence-electron chi connectivity index (χ4n) is 12.7. The SMILES string of the molecule is CC(=O)c1ccc(C[C@H](NC(=O)[C@@H](CCC(=O)O)CC(=O)[C@@H](CCC(=O)O)NC(=O)[C@@H](CCC(=O)O)CC(=O)[C@@H](CCC(=O)O)NC(=O)[C@@H](CCC(=O)O)CC(=O)[C@@H](CCC(=O)O)NC(=O)[C@@H](CCC(=O)O)CC(=O)[C@@H](CCC(=O)O)NC(=O)[C@H](N)CCC(=O)O)C(=O)CCCOCC(=O)N2CCCC2C(=O)N[C@@H](CC(C)C)C(C)=O)cc1. The molecule has 1 heterocycles. The van der Waals surface area contributed by atoms with Crippen molar-refractivity contribution in [3.05, 3.63) is 35.4 Å². The number of benzene rings is 1. The van der Waals surface area contributed by atoms with Crippen molar-refractivity contribution < 1.29 is 161 Å². The highest BCUT2D eigenvalue weighted by molar-refractivity contribution is 6.00. The van der Waals surface area contributed by atoms with Gasteiger partial charge >= 0.3 is 53.7 Å². The Morgan fingerprint density at radius 1 is 0.407 bits per heavy atom. The third-order valence-corrected chi connectivity index (χ3v) is 19.3. The minimum absolute atomic E-state index is 0.0573. The zero-order valence-electron chi connectivity index (χ0n) is 66.1. The Balaban J connectivity index is 2.57. The van der Waals surface area contributed by atoms with E-state index in [4.69, 9.17) is 15.6 Å². The predicted molar refractivity (Wildman–Crippen MR) is 404 cm³/mol. The molecule has 0 spiro atoms. The van der Waals surface area contributed by atoms with E-state index in [2.05, 4.69) is 31.9 Å². The van der Waals surface area contributed by atoms with Gasteiger partial charge in [0.25, 0.3) is 0 Å². The number of likely N-dealkylation sites (tertiary alicyclic amines) is 1. The minimum Gasteiger partial charge on any atom is -0.481 e. The van der Waals surface area contributed by atoms with Crippen LogP contribution in [0.4, 0.5) is 0 Å². The maximum absolute atomic E-state index is 14.5. The number of aliphatic carboxylic acids is 9. The number of Topliss-reactive ketones (excluding diaryl/α,β-unsaturated/α-hetero) is 7. The molecule has 2 rings (SSSR count). The molecular weight excluding hydrogens is 1560 g/mol. The molecule has 41 nitrogen and oxygen atoms in total. The number of nitrogens with one attached hydrogen (secondary N) is 6. The number of carbonyl (C=O) groups excluding carboxylic acids is 14. The van der Waals surface area contributed by atoms with E-state index in [1.807, 2.05) is 13.8 Å². The Hall–Kier alpha value is -11.6. The first-order valence-electron chi connectivity index (χ1n) is 38.4. The van der Waals surface area contributed by atoms with Crippen molar-refractivity contribution in [2.24, 2.45) is 35.3 Å². The number of hydrogen-bond donors (Lipinski definition) is 16. The molecule has 1 fully saturated rings. The summed E-state index contributed by atoms with van der Waals surface area (Å²) < 4.78 is 5.63. The van der Waals surface area contributed by atoms with E-state index < -0.39 is 344 Å². The molecule has 1 aliphatic rings. The Morgan fingerprint density at radius 2 is 0.729 bits per heavy atom. The molecule has 0 aliphatic carbocycles. The Morgan fingerprint density at radius 3 is 1.05 bits per heavy atom. The van der Waals surface area contributed by atoms with Crippen molar-refractivity contribution in [1.29, 1.82) is 0 Å². The first-order valence-corrected chi connectivity index (χ1v) is 38.4. The molecule has 1 saturated heterocycles. The van der Waals surface area contributed by atoms with Crippen LogP contribution < -0.4 is 37.6 Å². The van der Waals surface area contributed by atoms with Crippen molar-refractivity contribution in [1.82, 2.24) is 36.8 Å². The van der Waals surface area contributed by atoms with Crippen LogP contribution in [0.3, 0.4) is 0 Å². The van der Waals surface area contributed by atoms with Gasteiger partial charge in [0.2, 0.25) is 41.4 Å². The number of ketones is 7. The van der Waals surface area contributed by atoms with Crippen LogP contribution in [0.2, 0.25) is 0 Å². The van der Waals surface area contributed by atoms with E-state index in [-0.39, 0.29) is 55.5 Å². The van der Waals surface area contributed by atoms with Gasteiger partial charge in [0.05, 0.1) is 42.3 Å². The van der Waals surface area contributed by atoms with Gasteiger partial charge in [0.1, 0.15) is 12.6 Å². The summed E-state index contributed by atoms with van der Waals surface area (Å²) in [6.45, 7) is 5.92. The van der Waals surface area contributed by atoms with Gasteiger partial charge in [-0.3, -0.25) is 110 Å². The van der Waals surface area contributed by atoms with E-state index >= 15 is 0 Å². The first kappa shape index (κ1) is 102. The Kier molecular flexibility index (Phi) is 45.9. The van der Waals surface area contributed by atoms with Gasteiger partial charge in [-0.2, -0.15) is 0 Å². The second-order valence-electron chi connectivity index (χ2n) is 29.4. The van der Waals surface area contributed by atoms with Crippen LogP contribution in [0.15, 0.2) is 24.3 Å². The largest absolute Gasteiger partial charge is 0.481 e. The molecular formula is C77H108N8O33. The zero-order valence-corrected chi connectivity index (χ0v) is 66.1. The van der Waals surface area contributed by atoms with Crippen LogP contribution >= 0.6 is 0 Å². The second-order valence-corrected chi connectivity index (χ2v) is 29.4. The molecule has 654 valence electrons.